The summed E-state index contributed by atoms with van der Waals surface area (Å²) in [6.45, 7) is 1.25. The Balaban J connectivity index is 1.43. The molecule has 3 heterocycles. The zero-order chi connectivity index (χ0) is 20.4. The first kappa shape index (κ1) is 19.0. The maximum absolute atomic E-state index is 13.0. The summed E-state index contributed by atoms with van der Waals surface area (Å²) >= 11 is 0. The SMILES string of the molecule is COc1ccc(C(=O)N2CCC(c3nc(-c4cccn4C)no3)CC2)c(OC)c1. The number of carbonyl (C=O) groups is 1. The van der Waals surface area contributed by atoms with Crippen LogP contribution in [0.5, 0.6) is 11.5 Å². The van der Waals surface area contributed by atoms with E-state index in [1.54, 1.807) is 32.4 Å². The van der Waals surface area contributed by atoms with Crippen LogP contribution in [0, 0.1) is 0 Å². The number of hydrogen-bond acceptors (Lipinski definition) is 6. The lowest BCUT2D eigenvalue weighted by atomic mass is 9.96. The van der Waals surface area contributed by atoms with Gasteiger partial charge in [0, 0.05) is 38.3 Å². The summed E-state index contributed by atoms with van der Waals surface area (Å²) in [6, 6.07) is 9.15. The molecule has 1 saturated heterocycles. The van der Waals surface area contributed by atoms with Gasteiger partial charge in [-0.15, -0.1) is 0 Å². The van der Waals surface area contributed by atoms with Gasteiger partial charge in [-0.05, 0) is 37.1 Å². The summed E-state index contributed by atoms with van der Waals surface area (Å²) in [7, 11) is 5.09. The molecule has 0 saturated carbocycles. The molecule has 0 N–H and O–H groups in total. The molecule has 0 unspecified atom stereocenters. The molecule has 8 heteroatoms. The zero-order valence-electron chi connectivity index (χ0n) is 16.8. The molecule has 1 aromatic carbocycles. The highest BCUT2D eigenvalue weighted by Gasteiger charge is 2.29. The molecule has 1 amide bonds. The second-order valence-corrected chi connectivity index (χ2v) is 7.09. The number of ether oxygens (including phenoxy) is 2. The van der Waals surface area contributed by atoms with Gasteiger partial charge in [0.1, 0.15) is 11.5 Å². The maximum Gasteiger partial charge on any atom is 0.257 e. The highest BCUT2D eigenvalue weighted by molar-refractivity contribution is 5.97. The summed E-state index contributed by atoms with van der Waals surface area (Å²) in [6.07, 6.45) is 3.50. The van der Waals surface area contributed by atoms with E-state index in [2.05, 4.69) is 10.1 Å². The summed E-state index contributed by atoms with van der Waals surface area (Å²) in [5.74, 6) is 2.50. The normalized spacial score (nSPS) is 14.8. The van der Waals surface area contributed by atoms with Gasteiger partial charge in [-0.3, -0.25) is 4.79 Å². The summed E-state index contributed by atoms with van der Waals surface area (Å²) < 4.78 is 18.1. The van der Waals surface area contributed by atoms with E-state index in [4.69, 9.17) is 14.0 Å². The number of piperidine rings is 1. The minimum absolute atomic E-state index is 0.0435. The van der Waals surface area contributed by atoms with E-state index >= 15 is 0 Å². The van der Waals surface area contributed by atoms with Crippen LogP contribution in [-0.2, 0) is 7.05 Å². The van der Waals surface area contributed by atoms with E-state index in [1.807, 2.05) is 34.8 Å². The molecule has 1 aliphatic heterocycles. The lowest BCUT2D eigenvalue weighted by Crippen LogP contribution is -2.38. The van der Waals surface area contributed by atoms with Crippen molar-refractivity contribution in [3.63, 3.8) is 0 Å². The summed E-state index contributed by atoms with van der Waals surface area (Å²) in [4.78, 5) is 19.4. The Kier molecular flexibility index (Phi) is 5.24. The molecule has 152 valence electrons. The summed E-state index contributed by atoms with van der Waals surface area (Å²) in [5.41, 5.74) is 1.45. The third-order valence-electron chi connectivity index (χ3n) is 5.39. The number of likely N-dealkylation sites (tertiary alicyclic amines) is 1. The van der Waals surface area contributed by atoms with Gasteiger partial charge in [0.15, 0.2) is 0 Å². The molecule has 29 heavy (non-hydrogen) atoms. The second kappa shape index (κ2) is 7.98. The van der Waals surface area contributed by atoms with Crippen molar-refractivity contribution >= 4 is 5.91 Å². The van der Waals surface area contributed by atoms with Crippen molar-refractivity contribution in [3.8, 4) is 23.0 Å². The van der Waals surface area contributed by atoms with Gasteiger partial charge < -0.3 is 23.5 Å². The van der Waals surface area contributed by atoms with Crippen molar-refractivity contribution in [2.75, 3.05) is 27.3 Å². The number of amides is 1. The Morgan fingerprint density at radius 1 is 1.17 bits per heavy atom. The Labute approximate surface area is 169 Å². The van der Waals surface area contributed by atoms with Gasteiger partial charge in [0.25, 0.3) is 5.91 Å². The third kappa shape index (κ3) is 3.70. The monoisotopic (exact) mass is 396 g/mol. The summed E-state index contributed by atoms with van der Waals surface area (Å²) in [5, 5.41) is 4.12. The van der Waals surface area contributed by atoms with Gasteiger partial charge in [-0.1, -0.05) is 5.16 Å². The number of nitrogens with zero attached hydrogens (tertiary/aromatic N) is 4. The fraction of sp³-hybridized carbons (Fsp3) is 0.381. The van der Waals surface area contributed by atoms with Crippen molar-refractivity contribution in [2.24, 2.45) is 7.05 Å². The molecule has 0 bridgehead atoms. The number of hydrogen-bond donors (Lipinski definition) is 0. The van der Waals surface area contributed by atoms with Crippen molar-refractivity contribution in [1.29, 1.82) is 0 Å². The Hall–Kier alpha value is -3.29. The predicted octanol–water partition coefficient (Wildman–Crippen LogP) is 3.11. The van der Waals surface area contributed by atoms with E-state index in [0.29, 0.717) is 41.9 Å². The van der Waals surface area contributed by atoms with Crippen LogP contribution in [0.25, 0.3) is 11.5 Å². The largest absolute Gasteiger partial charge is 0.497 e. The Morgan fingerprint density at radius 3 is 2.62 bits per heavy atom. The van der Waals surface area contributed by atoms with Crippen LogP contribution in [-0.4, -0.2) is 52.8 Å². The minimum atomic E-state index is -0.0435. The van der Waals surface area contributed by atoms with Gasteiger partial charge in [-0.25, -0.2) is 0 Å². The van der Waals surface area contributed by atoms with Gasteiger partial charge in [0.2, 0.25) is 11.7 Å². The van der Waals surface area contributed by atoms with Crippen LogP contribution in [0.2, 0.25) is 0 Å². The second-order valence-electron chi connectivity index (χ2n) is 7.09. The first-order valence-corrected chi connectivity index (χ1v) is 9.57. The number of methoxy groups -OCH3 is 2. The third-order valence-corrected chi connectivity index (χ3v) is 5.39. The van der Waals surface area contributed by atoms with Crippen molar-refractivity contribution in [1.82, 2.24) is 19.6 Å². The van der Waals surface area contributed by atoms with Crippen LogP contribution in [0.15, 0.2) is 41.1 Å². The molecule has 0 radical (unpaired) electrons. The number of aromatic nitrogens is 3. The first-order chi connectivity index (χ1) is 14.1. The smallest absolute Gasteiger partial charge is 0.257 e. The molecule has 2 aromatic heterocycles. The standard InChI is InChI=1S/C21H24N4O4/c1-24-10-4-5-17(24)19-22-20(29-23-19)14-8-11-25(12-9-14)21(26)16-7-6-15(27-2)13-18(16)28-3/h4-7,10,13-14H,8-9,11-12H2,1-3H3. The number of benzene rings is 1. The number of aryl methyl sites for hydroxylation is 1. The molecule has 1 aliphatic rings. The van der Waals surface area contributed by atoms with Crippen molar-refractivity contribution in [3.05, 3.63) is 48.0 Å². The molecular weight excluding hydrogens is 372 g/mol. The molecular formula is C21H24N4O4. The van der Waals surface area contributed by atoms with Crippen LogP contribution in [0.4, 0.5) is 0 Å². The van der Waals surface area contributed by atoms with Crippen LogP contribution in [0.3, 0.4) is 0 Å². The fourth-order valence-electron chi connectivity index (χ4n) is 3.67. The van der Waals surface area contributed by atoms with E-state index < -0.39 is 0 Å². The molecule has 0 atom stereocenters. The molecule has 1 fully saturated rings. The Bertz CT molecular complexity index is 1000. The first-order valence-electron chi connectivity index (χ1n) is 9.57. The van der Waals surface area contributed by atoms with E-state index in [1.165, 1.54) is 0 Å². The fourth-order valence-corrected chi connectivity index (χ4v) is 3.67. The molecule has 8 nitrogen and oxygen atoms in total. The number of carbonyl (C=O) groups excluding carboxylic acids is 1. The lowest BCUT2D eigenvalue weighted by Gasteiger charge is -2.30. The number of rotatable bonds is 5. The van der Waals surface area contributed by atoms with E-state index in [0.717, 1.165) is 18.5 Å². The highest BCUT2D eigenvalue weighted by atomic mass is 16.5. The average Bonchev–Trinajstić information content (AvgIpc) is 3.41. The van der Waals surface area contributed by atoms with Gasteiger partial charge >= 0.3 is 0 Å². The minimum Gasteiger partial charge on any atom is -0.497 e. The predicted molar refractivity (Wildman–Crippen MR) is 106 cm³/mol. The quantitative estimate of drug-likeness (QED) is 0.659. The van der Waals surface area contributed by atoms with Crippen LogP contribution >= 0.6 is 0 Å². The van der Waals surface area contributed by atoms with E-state index in [-0.39, 0.29) is 11.8 Å². The van der Waals surface area contributed by atoms with Crippen molar-refractivity contribution < 1.29 is 18.8 Å². The van der Waals surface area contributed by atoms with Crippen LogP contribution < -0.4 is 9.47 Å². The molecule has 0 spiro atoms. The van der Waals surface area contributed by atoms with Gasteiger partial charge in [-0.2, -0.15) is 4.98 Å². The van der Waals surface area contributed by atoms with E-state index in [9.17, 15) is 4.79 Å². The lowest BCUT2D eigenvalue weighted by molar-refractivity contribution is 0.0701. The molecule has 4 rings (SSSR count). The highest BCUT2D eigenvalue weighted by Crippen LogP contribution is 2.31. The van der Waals surface area contributed by atoms with Gasteiger partial charge in [0.05, 0.1) is 25.5 Å². The average molecular weight is 396 g/mol. The zero-order valence-corrected chi connectivity index (χ0v) is 16.8. The maximum atomic E-state index is 13.0. The topological polar surface area (TPSA) is 82.6 Å². The molecule has 0 aliphatic carbocycles. The van der Waals surface area contributed by atoms with Crippen LogP contribution in [0.1, 0.15) is 35.0 Å². The van der Waals surface area contributed by atoms with Crippen molar-refractivity contribution in [2.45, 2.75) is 18.8 Å². The Morgan fingerprint density at radius 2 is 1.97 bits per heavy atom. The molecule has 3 aromatic rings.